The van der Waals surface area contributed by atoms with Crippen molar-refractivity contribution in [3.05, 3.63) is 50.9 Å². The van der Waals surface area contributed by atoms with Crippen LogP contribution in [-0.2, 0) is 12.0 Å². The molecule has 0 aliphatic heterocycles. The zero-order chi connectivity index (χ0) is 11.6. The molecule has 16 heavy (non-hydrogen) atoms. The Labute approximate surface area is 107 Å². The van der Waals surface area contributed by atoms with E-state index in [-0.39, 0.29) is 0 Å². The predicted molar refractivity (Wildman–Crippen MR) is 69.5 cm³/mol. The average Bonchev–Trinajstić information content (AvgIpc) is 2.70. The van der Waals surface area contributed by atoms with E-state index in [2.05, 4.69) is 20.9 Å². The van der Waals surface area contributed by atoms with Crippen molar-refractivity contribution in [2.45, 2.75) is 18.9 Å². The van der Waals surface area contributed by atoms with E-state index in [9.17, 15) is 5.11 Å². The number of rotatable bonds is 3. The van der Waals surface area contributed by atoms with Gasteiger partial charge in [0.1, 0.15) is 0 Å². The molecule has 0 radical (unpaired) electrons. The fourth-order valence-electron chi connectivity index (χ4n) is 1.56. The van der Waals surface area contributed by atoms with Crippen LogP contribution in [0.1, 0.15) is 17.5 Å². The minimum Gasteiger partial charge on any atom is -0.385 e. The largest absolute Gasteiger partial charge is 0.385 e. The third-order valence-electron chi connectivity index (χ3n) is 2.43. The van der Waals surface area contributed by atoms with Crippen LogP contribution in [0.5, 0.6) is 0 Å². The molecule has 0 spiro atoms. The molecule has 2 aromatic rings. The van der Waals surface area contributed by atoms with Crippen molar-refractivity contribution in [1.29, 1.82) is 0 Å². The molecule has 2 nitrogen and oxygen atoms in total. The maximum Gasteiger partial charge on any atom is 0.0956 e. The molecule has 1 aromatic carbocycles. The van der Waals surface area contributed by atoms with E-state index < -0.39 is 5.60 Å². The van der Waals surface area contributed by atoms with E-state index in [0.29, 0.717) is 6.42 Å². The summed E-state index contributed by atoms with van der Waals surface area (Å²) in [7, 11) is 0. The first-order valence-electron chi connectivity index (χ1n) is 4.95. The lowest BCUT2D eigenvalue weighted by atomic mass is 9.93. The van der Waals surface area contributed by atoms with E-state index in [0.717, 1.165) is 15.0 Å². The van der Waals surface area contributed by atoms with Crippen LogP contribution < -0.4 is 0 Å². The van der Waals surface area contributed by atoms with Gasteiger partial charge in [-0.3, -0.25) is 0 Å². The van der Waals surface area contributed by atoms with Crippen LogP contribution in [0, 0.1) is 0 Å². The van der Waals surface area contributed by atoms with Crippen molar-refractivity contribution >= 4 is 27.3 Å². The molecule has 0 saturated heterocycles. The summed E-state index contributed by atoms with van der Waals surface area (Å²) in [5, 5.41) is 13.3. The Morgan fingerprint density at radius 3 is 2.94 bits per heavy atom. The smallest absolute Gasteiger partial charge is 0.0956 e. The van der Waals surface area contributed by atoms with Crippen molar-refractivity contribution in [3.8, 4) is 0 Å². The number of aliphatic hydroxyl groups is 1. The third-order valence-corrected chi connectivity index (χ3v) is 3.70. The lowest BCUT2D eigenvalue weighted by Crippen LogP contribution is -2.24. The number of thiazole rings is 1. The fourth-order valence-corrected chi connectivity index (χ4v) is 2.72. The van der Waals surface area contributed by atoms with Crippen LogP contribution >= 0.6 is 27.3 Å². The molecule has 0 aliphatic carbocycles. The van der Waals surface area contributed by atoms with Gasteiger partial charge < -0.3 is 5.11 Å². The Kier molecular flexibility index (Phi) is 3.42. The van der Waals surface area contributed by atoms with Gasteiger partial charge in [0.05, 0.1) is 10.6 Å². The molecule has 1 atom stereocenters. The lowest BCUT2D eigenvalue weighted by molar-refractivity contribution is 0.0575. The molecule has 0 fully saturated rings. The second-order valence-electron chi connectivity index (χ2n) is 3.89. The van der Waals surface area contributed by atoms with E-state index in [1.807, 2.05) is 36.6 Å². The molecule has 1 N–H and O–H groups in total. The zero-order valence-electron chi connectivity index (χ0n) is 8.85. The maximum absolute atomic E-state index is 10.4. The first-order valence-corrected chi connectivity index (χ1v) is 6.62. The van der Waals surface area contributed by atoms with Crippen molar-refractivity contribution in [3.63, 3.8) is 0 Å². The topological polar surface area (TPSA) is 33.1 Å². The third kappa shape index (κ3) is 2.70. The van der Waals surface area contributed by atoms with Crippen LogP contribution in [0.15, 0.2) is 40.3 Å². The molecule has 1 heterocycles. The Hall–Kier alpha value is -0.710. The van der Waals surface area contributed by atoms with Crippen molar-refractivity contribution in [2.75, 3.05) is 0 Å². The van der Waals surface area contributed by atoms with Gasteiger partial charge in [0.15, 0.2) is 0 Å². The number of nitrogens with zero attached hydrogens (tertiary/aromatic N) is 1. The van der Waals surface area contributed by atoms with Gasteiger partial charge in [0, 0.05) is 22.5 Å². The van der Waals surface area contributed by atoms with Crippen molar-refractivity contribution < 1.29 is 5.11 Å². The van der Waals surface area contributed by atoms with Crippen LogP contribution in [0.3, 0.4) is 0 Å². The van der Waals surface area contributed by atoms with Gasteiger partial charge in [-0.15, -0.1) is 11.3 Å². The molecule has 4 heteroatoms. The normalized spacial score (nSPS) is 14.7. The number of benzene rings is 1. The minimum absolute atomic E-state index is 0.543. The molecular weight excluding hydrogens is 286 g/mol. The second kappa shape index (κ2) is 4.65. The van der Waals surface area contributed by atoms with E-state index in [1.54, 1.807) is 17.5 Å². The summed E-state index contributed by atoms with van der Waals surface area (Å²) in [6, 6.07) is 7.74. The minimum atomic E-state index is -0.873. The summed E-state index contributed by atoms with van der Waals surface area (Å²) in [6.45, 7) is 1.82. The lowest BCUT2D eigenvalue weighted by Gasteiger charge is -2.22. The standard InChI is InChI=1S/C12H12BrNOS/c1-12(15,8-11-14-5-6-16-11)9-3-2-4-10(13)7-9/h2-7,15H,8H2,1H3. The molecule has 2 rings (SSSR count). The van der Waals surface area contributed by atoms with Gasteiger partial charge >= 0.3 is 0 Å². The molecule has 84 valence electrons. The van der Waals surface area contributed by atoms with E-state index in [1.165, 1.54) is 0 Å². The van der Waals surface area contributed by atoms with E-state index in [4.69, 9.17) is 0 Å². The summed E-state index contributed by atoms with van der Waals surface area (Å²) in [5.74, 6) is 0. The summed E-state index contributed by atoms with van der Waals surface area (Å²) < 4.78 is 0.976. The highest BCUT2D eigenvalue weighted by Crippen LogP contribution is 2.27. The Morgan fingerprint density at radius 2 is 2.31 bits per heavy atom. The van der Waals surface area contributed by atoms with Crippen LogP contribution in [0.25, 0.3) is 0 Å². The van der Waals surface area contributed by atoms with Crippen LogP contribution in [0.4, 0.5) is 0 Å². The summed E-state index contributed by atoms with van der Waals surface area (Å²) in [5.41, 5.74) is 0.0267. The first-order chi connectivity index (χ1) is 7.58. The Balaban J connectivity index is 2.24. The van der Waals surface area contributed by atoms with Gasteiger partial charge in [0.2, 0.25) is 0 Å². The highest BCUT2D eigenvalue weighted by molar-refractivity contribution is 9.10. The average molecular weight is 298 g/mol. The predicted octanol–water partition coefficient (Wildman–Crippen LogP) is 3.36. The zero-order valence-corrected chi connectivity index (χ0v) is 11.3. The number of aromatic nitrogens is 1. The van der Waals surface area contributed by atoms with Gasteiger partial charge in [-0.2, -0.15) is 0 Å². The molecule has 0 bridgehead atoms. The molecule has 0 aliphatic rings. The van der Waals surface area contributed by atoms with Crippen molar-refractivity contribution in [1.82, 2.24) is 4.98 Å². The highest BCUT2D eigenvalue weighted by Gasteiger charge is 2.24. The number of hydrogen-bond donors (Lipinski definition) is 1. The first kappa shape index (κ1) is 11.8. The molecular formula is C12H12BrNOS. The molecule has 1 unspecified atom stereocenters. The van der Waals surface area contributed by atoms with Gasteiger partial charge in [-0.25, -0.2) is 4.98 Å². The number of hydrogen-bond acceptors (Lipinski definition) is 3. The fraction of sp³-hybridized carbons (Fsp3) is 0.250. The van der Waals surface area contributed by atoms with Crippen molar-refractivity contribution in [2.24, 2.45) is 0 Å². The summed E-state index contributed by atoms with van der Waals surface area (Å²) in [6.07, 6.45) is 2.30. The molecule has 1 aromatic heterocycles. The summed E-state index contributed by atoms with van der Waals surface area (Å²) >= 11 is 4.97. The van der Waals surface area contributed by atoms with Gasteiger partial charge in [-0.1, -0.05) is 28.1 Å². The molecule has 0 saturated carbocycles. The Bertz CT molecular complexity index is 468. The second-order valence-corrected chi connectivity index (χ2v) is 5.78. The SMILES string of the molecule is CC(O)(Cc1nccs1)c1cccc(Br)c1. The van der Waals surface area contributed by atoms with Gasteiger partial charge in [-0.05, 0) is 24.6 Å². The van der Waals surface area contributed by atoms with Crippen LogP contribution in [0.2, 0.25) is 0 Å². The highest BCUT2D eigenvalue weighted by atomic mass is 79.9. The quantitative estimate of drug-likeness (QED) is 0.942. The van der Waals surface area contributed by atoms with Crippen LogP contribution in [-0.4, -0.2) is 10.1 Å². The monoisotopic (exact) mass is 297 g/mol. The number of halogens is 1. The maximum atomic E-state index is 10.4. The Morgan fingerprint density at radius 1 is 1.50 bits per heavy atom. The molecule has 0 amide bonds. The summed E-state index contributed by atoms with van der Waals surface area (Å²) in [4.78, 5) is 4.20. The van der Waals surface area contributed by atoms with Gasteiger partial charge in [0.25, 0.3) is 0 Å². The van der Waals surface area contributed by atoms with E-state index >= 15 is 0 Å².